The first-order chi connectivity index (χ1) is 8.83. The van der Waals surface area contributed by atoms with Crippen molar-refractivity contribution in [2.45, 2.75) is 31.8 Å². The van der Waals surface area contributed by atoms with Crippen LogP contribution in [0.5, 0.6) is 11.5 Å². The summed E-state index contributed by atoms with van der Waals surface area (Å²) in [6.07, 6.45) is 5.24. The zero-order chi connectivity index (χ0) is 12.3. The number of rotatable bonds is 1. The Morgan fingerprint density at radius 2 is 2.28 bits per heavy atom. The van der Waals surface area contributed by atoms with Gasteiger partial charge in [0.25, 0.3) is 0 Å². The number of hydrogen-bond acceptors (Lipinski definition) is 2. The molecule has 1 heterocycles. The van der Waals surface area contributed by atoms with Gasteiger partial charge in [-0.25, -0.2) is 0 Å². The average Bonchev–Trinajstić information content (AvgIpc) is 3.06. The van der Waals surface area contributed by atoms with Gasteiger partial charge in [0.1, 0.15) is 6.10 Å². The van der Waals surface area contributed by atoms with Crippen molar-refractivity contribution in [3.05, 3.63) is 35.4 Å². The Bertz CT molecular complexity index is 532. The molecule has 0 amide bonds. The molecular weight excluding hydrogens is 224 g/mol. The lowest BCUT2D eigenvalue weighted by atomic mass is 9.80. The van der Waals surface area contributed by atoms with Crippen molar-refractivity contribution >= 4 is 0 Å². The van der Waals surface area contributed by atoms with Crippen molar-refractivity contribution in [2.24, 2.45) is 11.8 Å². The molecule has 4 atom stereocenters. The molecule has 2 bridgehead atoms. The van der Waals surface area contributed by atoms with Gasteiger partial charge in [0.05, 0.1) is 7.11 Å². The number of allylic oxidation sites excluding steroid dienone is 1. The van der Waals surface area contributed by atoms with Gasteiger partial charge >= 0.3 is 0 Å². The minimum Gasteiger partial charge on any atom is -0.493 e. The van der Waals surface area contributed by atoms with Crippen LogP contribution in [-0.2, 0) is 0 Å². The molecule has 0 saturated heterocycles. The summed E-state index contributed by atoms with van der Waals surface area (Å²) >= 11 is 0. The molecule has 2 heteroatoms. The first-order valence-electron chi connectivity index (χ1n) is 6.82. The van der Waals surface area contributed by atoms with Crippen molar-refractivity contribution in [1.82, 2.24) is 0 Å². The Morgan fingerprint density at radius 1 is 1.39 bits per heavy atom. The molecule has 3 aliphatic rings. The van der Waals surface area contributed by atoms with Gasteiger partial charge in [-0.1, -0.05) is 23.8 Å². The maximum atomic E-state index is 6.25. The fourth-order valence-electron chi connectivity index (χ4n) is 4.29. The zero-order valence-electron chi connectivity index (χ0n) is 10.8. The standard InChI is InChI=1S/C16H18O2/c1-3-9-7-10-8-12(9)16-14(10)11-5-4-6-13(17-2)15(11)18-16/h3-6,10,12,14,16H,7-8H2,1-2H3/b9-3-. The molecule has 1 aliphatic heterocycles. The normalized spacial score (nSPS) is 37.6. The van der Waals surface area contributed by atoms with Crippen LogP contribution >= 0.6 is 0 Å². The van der Waals surface area contributed by atoms with E-state index < -0.39 is 0 Å². The van der Waals surface area contributed by atoms with E-state index in [0.29, 0.717) is 17.9 Å². The van der Waals surface area contributed by atoms with Crippen molar-refractivity contribution in [3.63, 3.8) is 0 Å². The minimum absolute atomic E-state index is 0.362. The Balaban J connectivity index is 1.79. The molecule has 94 valence electrons. The average molecular weight is 242 g/mol. The van der Waals surface area contributed by atoms with E-state index in [2.05, 4.69) is 25.1 Å². The summed E-state index contributed by atoms with van der Waals surface area (Å²) < 4.78 is 11.7. The van der Waals surface area contributed by atoms with Gasteiger partial charge in [0, 0.05) is 17.4 Å². The van der Waals surface area contributed by atoms with E-state index in [1.54, 1.807) is 12.7 Å². The second-order valence-corrected chi connectivity index (χ2v) is 5.66. The molecular formula is C16H18O2. The van der Waals surface area contributed by atoms with Crippen LogP contribution in [0.1, 0.15) is 31.2 Å². The van der Waals surface area contributed by atoms with Crippen molar-refractivity contribution in [2.75, 3.05) is 7.11 Å². The number of ether oxygens (including phenoxy) is 2. The Labute approximate surface area is 108 Å². The molecule has 1 aromatic rings. The minimum atomic E-state index is 0.362. The number of benzene rings is 1. The van der Waals surface area contributed by atoms with Crippen LogP contribution in [0, 0.1) is 11.8 Å². The monoisotopic (exact) mass is 242 g/mol. The van der Waals surface area contributed by atoms with Gasteiger partial charge in [-0.15, -0.1) is 0 Å². The third-order valence-corrected chi connectivity index (χ3v) is 5.00. The highest BCUT2D eigenvalue weighted by Gasteiger charge is 2.55. The van der Waals surface area contributed by atoms with Gasteiger partial charge in [-0.05, 0) is 31.7 Å². The topological polar surface area (TPSA) is 18.5 Å². The predicted molar refractivity (Wildman–Crippen MR) is 70.1 cm³/mol. The van der Waals surface area contributed by atoms with E-state index in [1.807, 2.05) is 6.07 Å². The third kappa shape index (κ3) is 1.14. The summed E-state index contributed by atoms with van der Waals surface area (Å²) in [5.41, 5.74) is 2.98. The quantitative estimate of drug-likeness (QED) is 0.701. The fraction of sp³-hybridized carbons (Fsp3) is 0.500. The summed E-state index contributed by atoms with van der Waals surface area (Å²) in [6.45, 7) is 2.16. The lowest BCUT2D eigenvalue weighted by Crippen LogP contribution is -2.27. The largest absolute Gasteiger partial charge is 0.493 e. The van der Waals surface area contributed by atoms with Gasteiger partial charge in [0.15, 0.2) is 11.5 Å². The highest BCUT2D eigenvalue weighted by molar-refractivity contribution is 5.54. The lowest BCUT2D eigenvalue weighted by Gasteiger charge is -2.25. The maximum Gasteiger partial charge on any atom is 0.165 e. The van der Waals surface area contributed by atoms with Gasteiger partial charge < -0.3 is 9.47 Å². The molecule has 2 nitrogen and oxygen atoms in total. The molecule has 4 unspecified atom stereocenters. The SMILES string of the molecule is C/C=C1/CC2CC1C1Oc3c(OC)cccc3C21. The zero-order valence-corrected chi connectivity index (χ0v) is 10.8. The summed E-state index contributed by atoms with van der Waals surface area (Å²) in [4.78, 5) is 0. The van der Waals surface area contributed by atoms with Crippen molar-refractivity contribution in [3.8, 4) is 11.5 Å². The van der Waals surface area contributed by atoms with Crippen LogP contribution in [0.3, 0.4) is 0 Å². The van der Waals surface area contributed by atoms with Crippen molar-refractivity contribution in [1.29, 1.82) is 0 Å². The van der Waals surface area contributed by atoms with Crippen LogP contribution in [0.2, 0.25) is 0 Å². The molecule has 18 heavy (non-hydrogen) atoms. The number of hydrogen-bond donors (Lipinski definition) is 0. The first-order valence-corrected chi connectivity index (χ1v) is 6.82. The number of para-hydroxylation sites is 1. The summed E-state index contributed by atoms with van der Waals surface area (Å²) in [6, 6.07) is 6.31. The van der Waals surface area contributed by atoms with E-state index >= 15 is 0 Å². The molecule has 4 rings (SSSR count). The summed E-state index contributed by atoms with van der Waals surface area (Å²) in [7, 11) is 1.72. The Hall–Kier alpha value is -1.44. The second-order valence-electron chi connectivity index (χ2n) is 5.66. The molecule has 2 fully saturated rings. The number of methoxy groups -OCH3 is 1. The summed E-state index contributed by atoms with van der Waals surface area (Å²) in [5.74, 6) is 3.91. The molecule has 0 spiro atoms. The van der Waals surface area contributed by atoms with E-state index in [4.69, 9.17) is 9.47 Å². The van der Waals surface area contributed by atoms with E-state index in [9.17, 15) is 0 Å². The van der Waals surface area contributed by atoms with E-state index in [-0.39, 0.29) is 0 Å². The second kappa shape index (κ2) is 3.53. The maximum absolute atomic E-state index is 6.25. The molecule has 1 aromatic carbocycles. The smallest absolute Gasteiger partial charge is 0.165 e. The van der Waals surface area contributed by atoms with Crippen molar-refractivity contribution < 1.29 is 9.47 Å². The highest BCUT2D eigenvalue weighted by atomic mass is 16.5. The van der Waals surface area contributed by atoms with E-state index in [0.717, 1.165) is 17.4 Å². The molecule has 0 radical (unpaired) electrons. The van der Waals surface area contributed by atoms with E-state index in [1.165, 1.54) is 18.4 Å². The molecule has 0 aromatic heterocycles. The molecule has 0 N–H and O–H groups in total. The van der Waals surface area contributed by atoms with Crippen LogP contribution in [0.25, 0.3) is 0 Å². The lowest BCUT2D eigenvalue weighted by molar-refractivity contribution is 0.168. The molecule has 2 saturated carbocycles. The first kappa shape index (κ1) is 10.5. The highest BCUT2D eigenvalue weighted by Crippen LogP contribution is 2.62. The van der Waals surface area contributed by atoms with Crippen LogP contribution in [-0.4, -0.2) is 13.2 Å². The fourth-order valence-corrected chi connectivity index (χ4v) is 4.29. The predicted octanol–water partition coefficient (Wildman–Crippen LogP) is 3.53. The number of fused-ring (bicyclic) bond motifs is 7. The molecule has 2 aliphatic carbocycles. The van der Waals surface area contributed by atoms with Gasteiger partial charge in [-0.2, -0.15) is 0 Å². The van der Waals surface area contributed by atoms with Crippen LogP contribution in [0.4, 0.5) is 0 Å². The van der Waals surface area contributed by atoms with Crippen LogP contribution in [0.15, 0.2) is 29.8 Å². The Kier molecular flexibility index (Phi) is 2.06. The Morgan fingerprint density at radius 3 is 3.06 bits per heavy atom. The third-order valence-electron chi connectivity index (χ3n) is 5.00. The van der Waals surface area contributed by atoms with Crippen LogP contribution < -0.4 is 9.47 Å². The van der Waals surface area contributed by atoms with Gasteiger partial charge in [-0.3, -0.25) is 0 Å². The van der Waals surface area contributed by atoms with Gasteiger partial charge in [0.2, 0.25) is 0 Å². The summed E-state index contributed by atoms with van der Waals surface area (Å²) in [5, 5.41) is 0.